The van der Waals surface area contributed by atoms with E-state index in [2.05, 4.69) is 30.2 Å². The molecule has 4 nitrogen and oxygen atoms in total. The van der Waals surface area contributed by atoms with Crippen molar-refractivity contribution in [1.82, 2.24) is 10.3 Å². The standard InChI is InChI=1S/C18H26N2O2/c1-4-5-10-22-11-6-9-19-18(21)17-14(3)15-12-13(2)7-8-16(15)20-17/h7-8,12,20H,4-6,9-11H2,1-3H3,(H,19,21). The van der Waals surface area contributed by atoms with Gasteiger partial charge in [0.25, 0.3) is 5.91 Å². The number of unbranched alkanes of at least 4 members (excludes halogenated alkanes) is 1. The van der Waals surface area contributed by atoms with Crippen molar-refractivity contribution in [3.05, 3.63) is 35.0 Å². The normalized spacial score (nSPS) is 11.0. The minimum Gasteiger partial charge on any atom is -0.381 e. The van der Waals surface area contributed by atoms with Gasteiger partial charge in [0.05, 0.1) is 0 Å². The highest BCUT2D eigenvalue weighted by Gasteiger charge is 2.14. The van der Waals surface area contributed by atoms with Gasteiger partial charge in [0.1, 0.15) is 5.69 Å². The lowest BCUT2D eigenvalue weighted by atomic mass is 10.1. The van der Waals surface area contributed by atoms with Crippen LogP contribution < -0.4 is 5.32 Å². The number of aryl methyl sites for hydroxylation is 2. The molecule has 22 heavy (non-hydrogen) atoms. The molecule has 0 spiro atoms. The number of amides is 1. The van der Waals surface area contributed by atoms with Gasteiger partial charge in [0.15, 0.2) is 0 Å². The van der Waals surface area contributed by atoms with Gasteiger partial charge in [-0.15, -0.1) is 0 Å². The Bertz CT molecular complexity index is 631. The molecule has 1 heterocycles. The van der Waals surface area contributed by atoms with Crippen molar-refractivity contribution in [3.8, 4) is 0 Å². The van der Waals surface area contributed by atoms with Gasteiger partial charge in [-0.3, -0.25) is 4.79 Å². The van der Waals surface area contributed by atoms with E-state index in [-0.39, 0.29) is 5.91 Å². The Morgan fingerprint density at radius 2 is 2.00 bits per heavy atom. The number of carbonyl (C=O) groups is 1. The number of ether oxygens (including phenoxy) is 1. The highest BCUT2D eigenvalue weighted by Crippen LogP contribution is 2.22. The van der Waals surface area contributed by atoms with Crippen molar-refractivity contribution in [1.29, 1.82) is 0 Å². The van der Waals surface area contributed by atoms with E-state index in [4.69, 9.17) is 4.74 Å². The first-order chi connectivity index (χ1) is 10.6. The number of rotatable bonds is 8. The molecule has 1 aromatic heterocycles. The largest absolute Gasteiger partial charge is 0.381 e. The highest BCUT2D eigenvalue weighted by molar-refractivity contribution is 6.00. The summed E-state index contributed by atoms with van der Waals surface area (Å²) >= 11 is 0. The van der Waals surface area contributed by atoms with Crippen LogP contribution in [0.25, 0.3) is 10.9 Å². The summed E-state index contributed by atoms with van der Waals surface area (Å²) < 4.78 is 5.49. The highest BCUT2D eigenvalue weighted by atomic mass is 16.5. The fourth-order valence-electron chi connectivity index (χ4n) is 2.48. The molecule has 0 atom stereocenters. The molecule has 0 bridgehead atoms. The number of aromatic amines is 1. The SMILES string of the molecule is CCCCOCCCNC(=O)c1[nH]c2ccc(C)cc2c1C. The lowest BCUT2D eigenvalue weighted by Gasteiger charge is -2.05. The van der Waals surface area contributed by atoms with Gasteiger partial charge < -0.3 is 15.0 Å². The number of H-pyrrole nitrogens is 1. The van der Waals surface area contributed by atoms with Crippen molar-refractivity contribution in [2.75, 3.05) is 19.8 Å². The third-order valence-electron chi connectivity index (χ3n) is 3.83. The Balaban J connectivity index is 1.86. The van der Waals surface area contributed by atoms with Crippen LogP contribution in [-0.4, -0.2) is 30.6 Å². The third-order valence-corrected chi connectivity index (χ3v) is 3.83. The van der Waals surface area contributed by atoms with Crippen LogP contribution in [0.4, 0.5) is 0 Å². The molecule has 1 amide bonds. The van der Waals surface area contributed by atoms with E-state index < -0.39 is 0 Å². The number of hydrogen-bond acceptors (Lipinski definition) is 2. The maximum Gasteiger partial charge on any atom is 0.268 e. The van der Waals surface area contributed by atoms with E-state index in [1.54, 1.807) is 0 Å². The van der Waals surface area contributed by atoms with Gasteiger partial charge in [-0.25, -0.2) is 0 Å². The van der Waals surface area contributed by atoms with E-state index in [0.29, 0.717) is 18.8 Å². The zero-order chi connectivity index (χ0) is 15.9. The minimum absolute atomic E-state index is 0.0417. The van der Waals surface area contributed by atoms with Crippen molar-refractivity contribution < 1.29 is 9.53 Å². The van der Waals surface area contributed by atoms with E-state index in [1.165, 1.54) is 5.56 Å². The van der Waals surface area contributed by atoms with Gasteiger partial charge in [0, 0.05) is 30.7 Å². The summed E-state index contributed by atoms with van der Waals surface area (Å²) in [5.74, 6) is -0.0417. The number of hydrogen-bond donors (Lipinski definition) is 2. The van der Waals surface area contributed by atoms with Crippen molar-refractivity contribution in [2.45, 2.75) is 40.0 Å². The molecule has 0 radical (unpaired) electrons. The van der Waals surface area contributed by atoms with Crippen LogP contribution in [-0.2, 0) is 4.74 Å². The molecular weight excluding hydrogens is 276 g/mol. The van der Waals surface area contributed by atoms with Crippen LogP contribution in [0.15, 0.2) is 18.2 Å². The van der Waals surface area contributed by atoms with Gasteiger partial charge in [0.2, 0.25) is 0 Å². The molecule has 0 aliphatic carbocycles. The Kier molecular flexibility index (Phi) is 6.01. The number of benzene rings is 1. The Labute approximate surface area is 132 Å². The number of carbonyl (C=O) groups excluding carboxylic acids is 1. The first kappa shape index (κ1) is 16.6. The summed E-state index contributed by atoms with van der Waals surface area (Å²) in [7, 11) is 0. The molecule has 0 fully saturated rings. The van der Waals surface area contributed by atoms with Crippen LogP contribution >= 0.6 is 0 Å². The van der Waals surface area contributed by atoms with Crippen LogP contribution in [0.3, 0.4) is 0 Å². The quantitative estimate of drug-likeness (QED) is 0.730. The average Bonchev–Trinajstić information content (AvgIpc) is 2.83. The molecule has 4 heteroatoms. The lowest BCUT2D eigenvalue weighted by Crippen LogP contribution is -2.26. The molecule has 0 saturated carbocycles. The summed E-state index contributed by atoms with van der Waals surface area (Å²) in [4.78, 5) is 15.5. The first-order valence-corrected chi connectivity index (χ1v) is 8.08. The molecule has 120 valence electrons. The number of nitrogens with one attached hydrogen (secondary N) is 2. The van der Waals surface area contributed by atoms with Crippen molar-refractivity contribution in [2.24, 2.45) is 0 Å². The van der Waals surface area contributed by atoms with E-state index in [9.17, 15) is 4.79 Å². The predicted octanol–water partition coefficient (Wildman–Crippen LogP) is 3.72. The molecule has 2 aromatic rings. The summed E-state index contributed by atoms with van der Waals surface area (Å²) in [5, 5.41) is 4.07. The maximum atomic E-state index is 12.3. The summed E-state index contributed by atoms with van der Waals surface area (Å²) in [5.41, 5.74) is 3.88. The van der Waals surface area contributed by atoms with E-state index in [0.717, 1.165) is 42.3 Å². The van der Waals surface area contributed by atoms with E-state index in [1.807, 2.05) is 19.1 Å². The Morgan fingerprint density at radius 3 is 2.77 bits per heavy atom. The minimum atomic E-state index is -0.0417. The molecule has 0 saturated heterocycles. The smallest absolute Gasteiger partial charge is 0.268 e. The molecule has 2 N–H and O–H groups in total. The molecule has 0 unspecified atom stereocenters. The number of fused-ring (bicyclic) bond motifs is 1. The second-order valence-electron chi connectivity index (χ2n) is 5.75. The summed E-state index contributed by atoms with van der Waals surface area (Å²) in [6.07, 6.45) is 3.09. The van der Waals surface area contributed by atoms with Crippen LogP contribution in [0, 0.1) is 13.8 Å². The molecule has 2 rings (SSSR count). The van der Waals surface area contributed by atoms with Gasteiger partial charge in [-0.2, -0.15) is 0 Å². The maximum absolute atomic E-state index is 12.3. The molecular formula is C18H26N2O2. The van der Waals surface area contributed by atoms with Crippen LogP contribution in [0.2, 0.25) is 0 Å². The zero-order valence-electron chi connectivity index (χ0n) is 13.8. The average molecular weight is 302 g/mol. The molecule has 1 aromatic carbocycles. The van der Waals surface area contributed by atoms with E-state index >= 15 is 0 Å². The van der Waals surface area contributed by atoms with Gasteiger partial charge in [-0.1, -0.05) is 25.0 Å². The summed E-state index contributed by atoms with van der Waals surface area (Å²) in [6, 6.07) is 6.18. The fourth-order valence-corrected chi connectivity index (χ4v) is 2.48. The van der Waals surface area contributed by atoms with Crippen LogP contribution in [0.1, 0.15) is 47.8 Å². The Morgan fingerprint density at radius 1 is 1.23 bits per heavy atom. The number of aromatic nitrogens is 1. The van der Waals surface area contributed by atoms with Crippen molar-refractivity contribution in [3.63, 3.8) is 0 Å². The lowest BCUT2D eigenvalue weighted by molar-refractivity contribution is 0.0936. The second-order valence-corrected chi connectivity index (χ2v) is 5.75. The van der Waals surface area contributed by atoms with Gasteiger partial charge >= 0.3 is 0 Å². The van der Waals surface area contributed by atoms with Crippen LogP contribution in [0.5, 0.6) is 0 Å². The topological polar surface area (TPSA) is 54.1 Å². The van der Waals surface area contributed by atoms with Crippen molar-refractivity contribution >= 4 is 16.8 Å². The third kappa shape index (κ3) is 4.10. The second kappa shape index (κ2) is 7.99. The molecule has 0 aliphatic heterocycles. The first-order valence-electron chi connectivity index (χ1n) is 8.08. The molecule has 0 aliphatic rings. The zero-order valence-corrected chi connectivity index (χ0v) is 13.8. The monoisotopic (exact) mass is 302 g/mol. The predicted molar refractivity (Wildman–Crippen MR) is 90.4 cm³/mol. The fraction of sp³-hybridized carbons (Fsp3) is 0.500. The summed E-state index contributed by atoms with van der Waals surface area (Å²) in [6.45, 7) is 8.34. The Hall–Kier alpha value is -1.81. The van der Waals surface area contributed by atoms with Gasteiger partial charge in [-0.05, 0) is 44.4 Å².